The molecule has 0 bridgehead atoms. The van der Waals surface area contributed by atoms with Gasteiger partial charge in [0.05, 0.1) is 0 Å². The molecule has 1 saturated carbocycles. The molecule has 0 atom stereocenters. The van der Waals surface area contributed by atoms with Crippen LogP contribution in [0.5, 0.6) is 5.75 Å². The monoisotopic (exact) mass is 297 g/mol. The molecule has 3 aromatic rings. The van der Waals surface area contributed by atoms with Gasteiger partial charge in [0.1, 0.15) is 5.75 Å². The molecule has 1 fully saturated rings. The smallest absolute Gasteiger partial charge is 0.229 e. The van der Waals surface area contributed by atoms with E-state index in [0.29, 0.717) is 18.3 Å². The maximum atomic E-state index is 5.77. The van der Waals surface area contributed by atoms with Gasteiger partial charge in [-0.25, -0.2) is 0 Å². The van der Waals surface area contributed by atoms with Crippen molar-refractivity contribution in [2.75, 3.05) is 0 Å². The summed E-state index contributed by atoms with van der Waals surface area (Å²) in [7, 11) is 0. The highest BCUT2D eigenvalue weighted by atomic mass is 16.5. The van der Waals surface area contributed by atoms with E-state index in [1.165, 1.54) is 19.3 Å². The number of aromatic nitrogens is 3. The number of nitrogens with one attached hydrogen (secondary N) is 1. The number of H-pyrrole nitrogens is 1. The van der Waals surface area contributed by atoms with E-state index in [4.69, 9.17) is 9.26 Å². The summed E-state index contributed by atoms with van der Waals surface area (Å²) >= 11 is 0. The van der Waals surface area contributed by atoms with Crippen LogP contribution in [0.25, 0.3) is 10.9 Å². The van der Waals surface area contributed by atoms with Crippen LogP contribution >= 0.6 is 0 Å². The number of benzene rings is 1. The molecule has 0 unspecified atom stereocenters. The molecule has 0 spiro atoms. The van der Waals surface area contributed by atoms with Crippen LogP contribution in [0.15, 0.2) is 35.0 Å². The van der Waals surface area contributed by atoms with Crippen LogP contribution in [0.1, 0.15) is 49.7 Å². The van der Waals surface area contributed by atoms with Crippen LogP contribution in [-0.2, 0) is 6.61 Å². The quantitative estimate of drug-likeness (QED) is 0.784. The summed E-state index contributed by atoms with van der Waals surface area (Å²) in [5.74, 6) is 2.65. The minimum atomic E-state index is 0.339. The number of hydrogen-bond acceptors (Lipinski definition) is 4. The third-order valence-electron chi connectivity index (χ3n) is 4.33. The first-order valence-electron chi connectivity index (χ1n) is 7.91. The summed E-state index contributed by atoms with van der Waals surface area (Å²) in [5, 5.41) is 5.17. The van der Waals surface area contributed by atoms with Gasteiger partial charge in [0, 0.05) is 23.0 Å². The van der Waals surface area contributed by atoms with E-state index in [1.54, 1.807) is 0 Å². The van der Waals surface area contributed by atoms with Crippen molar-refractivity contribution in [3.63, 3.8) is 0 Å². The second-order valence-electron chi connectivity index (χ2n) is 5.90. The molecule has 0 radical (unpaired) electrons. The summed E-state index contributed by atoms with van der Waals surface area (Å²) in [6.07, 6.45) is 8.08. The molecule has 1 N–H and O–H groups in total. The van der Waals surface area contributed by atoms with Crippen LogP contribution in [0.2, 0.25) is 0 Å². The third kappa shape index (κ3) is 2.71. The van der Waals surface area contributed by atoms with Crippen molar-refractivity contribution < 1.29 is 9.26 Å². The molecule has 1 aromatic carbocycles. The van der Waals surface area contributed by atoms with Gasteiger partial charge in [0.15, 0.2) is 6.61 Å². The largest absolute Gasteiger partial charge is 0.485 e. The molecule has 1 aliphatic rings. The third-order valence-corrected chi connectivity index (χ3v) is 4.33. The molecule has 2 aromatic heterocycles. The van der Waals surface area contributed by atoms with Crippen LogP contribution < -0.4 is 4.74 Å². The average Bonchev–Trinajstić information content (AvgIpc) is 3.22. The Bertz CT molecular complexity index is 756. The lowest BCUT2D eigenvalue weighted by Crippen LogP contribution is -2.05. The maximum absolute atomic E-state index is 5.77. The number of ether oxygens (including phenoxy) is 1. The molecule has 0 amide bonds. The van der Waals surface area contributed by atoms with Crippen LogP contribution in [-0.4, -0.2) is 15.1 Å². The second kappa shape index (κ2) is 5.83. The average molecular weight is 297 g/mol. The molecule has 4 rings (SSSR count). The van der Waals surface area contributed by atoms with Crippen molar-refractivity contribution in [2.45, 2.75) is 44.6 Å². The molecular formula is C17H19N3O2. The minimum Gasteiger partial charge on any atom is -0.485 e. The van der Waals surface area contributed by atoms with Gasteiger partial charge in [-0.15, -0.1) is 0 Å². The van der Waals surface area contributed by atoms with Crippen LogP contribution in [0.4, 0.5) is 0 Å². The lowest BCUT2D eigenvalue weighted by molar-refractivity contribution is 0.280. The topological polar surface area (TPSA) is 63.9 Å². The SMILES string of the molecule is c1cc2cc(OCc3noc(C4CCCCC4)n3)ccc2[nH]1. The Morgan fingerprint density at radius 2 is 2.09 bits per heavy atom. The number of nitrogens with zero attached hydrogens (tertiary/aromatic N) is 2. The predicted molar refractivity (Wildman–Crippen MR) is 82.8 cm³/mol. The van der Waals surface area contributed by atoms with Gasteiger partial charge in [-0.3, -0.25) is 0 Å². The Morgan fingerprint density at radius 1 is 1.18 bits per heavy atom. The van der Waals surface area contributed by atoms with E-state index in [9.17, 15) is 0 Å². The summed E-state index contributed by atoms with van der Waals surface area (Å²) in [4.78, 5) is 7.66. The standard InChI is InChI=1S/C17H19N3O2/c1-2-4-12(5-3-1)17-19-16(20-22-17)11-21-14-6-7-15-13(10-14)8-9-18-15/h6-10,12,18H,1-5,11H2. The van der Waals surface area contributed by atoms with E-state index >= 15 is 0 Å². The van der Waals surface area contributed by atoms with Crippen molar-refractivity contribution in [1.29, 1.82) is 0 Å². The predicted octanol–water partition coefficient (Wildman–Crippen LogP) is 4.18. The Labute approximate surface area is 128 Å². The van der Waals surface area contributed by atoms with Gasteiger partial charge in [0.2, 0.25) is 11.7 Å². The van der Waals surface area contributed by atoms with E-state index < -0.39 is 0 Å². The Hall–Kier alpha value is -2.30. The summed E-state index contributed by atoms with van der Waals surface area (Å²) in [5.41, 5.74) is 1.10. The molecule has 5 nitrogen and oxygen atoms in total. The van der Waals surface area contributed by atoms with Crippen molar-refractivity contribution >= 4 is 10.9 Å². The van der Waals surface area contributed by atoms with Gasteiger partial charge < -0.3 is 14.2 Å². The fourth-order valence-corrected chi connectivity index (χ4v) is 3.11. The molecule has 114 valence electrons. The van der Waals surface area contributed by atoms with Crippen molar-refractivity contribution in [3.05, 3.63) is 42.2 Å². The Kier molecular flexibility index (Phi) is 3.54. The van der Waals surface area contributed by atoms with Gasteiger partial charge in [-0.1, -0.05) is 24.4 Å². The fourth-order valence-electron chi connectivity index (χ4n) is 3.11. The van der Waals surface area contributed by atoms with E-state index in [1.807, 2.05) is 30.5 Å². The van der Waals surface area contributed by atoms with Crippen molar-refractivity contribution in [1.82, 2.24) is 15.1 Å². The maximum Gasteiger partial charge on any atom is 0.229 e. The van der Waals surface area contributed by atoms with Gasteiger partial charge >= 0.3 is 0 Å². The number of aromatic amines is 1. The van der Waals surface area contributed by atoms with Crippen LogP contribution in [0.3, 0.4) is 0 Å². The van der Waals surface area contributed by atoms with E-state index in [2.05, 4.69) is 15.1 Å². The van der Waals surface area contributed by atoms with Gasteiger partial charge in [-0.2, -0.15) is 4.98 Å². The number of hydrogen-bond donors (Lipinski definition) is 1. The molecule has 5 heteroatoms. The normalized spacial score (nSPS) is 16.2. The Balaban J connectivity index is 1.41. The van der Waals surface area contributed by atoms with E-state index in [-0.39, 0.29) is 0 Å². The van der Waals surface area contributed by atoms with Gasteiger partial charge in [0.25, 0.3) is 0 Å². The zero-order valence-corrected chi connectivity index (χ0v) is 12.4. The first-order chi connectivity index (χ1) is 10.9. The molecule has 0 aliphatic heterocycles. The van der Waals surface area contributed by atoms with Crippen LogP contribution in [0, 0.1) is 0 Å². The number of rotatable bonds is 4. The lowest BCUT2D eigenvalue weighted by Gasteiger charge is -2.17. The Morgan fingerprint density at radius 3 is 3.00 bits per heavy atom. The zero-order valence-electron chi connectivity index (χ0n) is 12.4. The van der Waals surface area contributed by atoms with Crippen molar-refractivity contribution in [2.24, 2.45) is 0 Å². The lowest BCUT2D eigenvalue weighted by atomic mass is 9.89. The first-order valence-corrected chi connectivity index (χ1v) is 7.91. The zero-order chi connectivity index (χ0) is 14.8. The minimum absolute atomic E-state index is 0.339. The molecule has 2 heterocycles. The first kappa shape index (κ1) is 13.4. The van der Waals surface area contributed by atoms with Crippen molar-refractivity contribution in [3.8, 4) is 5.75 Å². The number of fused-ring (bicyclic) bond motifs is 1. The van der Waals surface area contributed by atoms with Gasteiger partial charge in [-0.05, 0) is 37.1 Å². The fraction of sp³-hybridized carbons (Fsp3) is 0.412. The molecule has 22 heavy (non-hydrogen) atoms. The molecule has 0 saturated heterocycles. The second-order valence-corrected chi connectivity index (χ2v) is 5.90. The summed E-state index contributed by atoms with van der Waals surface area (Å²) in [6.45, 7) is 0.339. The molecule has 1 aliphatic carbocycles. The summed E-state index contributed by atoms with van der Waals surface area (Å²) < 4.78 is 11.2. The highest BCUT2D eigenvalue weighted by Crippen LogP contribution is 2.31. The highest BCUT2D eigenvalue weighted by Gasteiger charge is 2.21. The highest BCUT2D eigenvalue weighted by molar-refractivity contribution is 5.80. The molecular weight excluding hydrogens is 278 g/mol. The summed E-state index contributed by atoms with van der Waals surface area (Å²) in [6, 6.07) is 7.99. The van der Waals surface area contributed by atoms with E-state index in [0.717, 1.165) is 35.4 Å².